The van der Waals surface area contributed by atoms with Crippen molar-refractivity contribution >= 4 is 11.6 Å². The topological polar surface area (TPSA) is 59.6 Å². The van der Waals surface area contributed by atoms with Gasteiger partial charge >= 0.3 is 0 Å². The lowest BCUT2D eigenvalue weighted by atomic mass is 10.2. The van der Waals surface area contributed by atoms with Gasteiger partial charge in [0.05, 0.1) is 19.3 Å². The summed E-state index contributed by atoms with van der Waals surface area (Å²) in [7, 11) is 0. The Morgan fingerprint density at radius 1 is 1.40 bits per heavy atom. The molecule has 1 unspecified atom stereocenters. The summed E-state index contributed by atoms with van der Waals surface area (Å²) in [6.07, 6.45) is 2.31. The third-order valence-electron chi connectivity index (χ3n) is 3.17. The fraction of sp³-hybridized carbons (Fsp3) is 0.533. The van der Waals surface area contributed by atoms with Crippen molar-refractivity contribution in [2.45, 2.75) is 25.9 Å². The van der Waals surface area contributed by atoms with Crippen LogP contribution < -0.4 is 15.4 Å². The van der Waals surface area contributed by atoms with Gasteiger partial charge in [-0.2, -0.15) is 0 Å². The van der Waals surface area contributed by atoms with Crippen LogP contribution in [0.1, 0.15) is 19.8 Å². The number of hydrogen-bond donors (Lipinski definition) is 2. The second kappa shape index (κ2) is 7.75. The monoisotopic (exact) mass is 278 g/mol. The van der Waals surface area contributed by atoms with Gasteiger partial charge in [0.1, 0.15) is 5.75 Å². The van der Waals surface area contributed by atoms with Crippen LogP contribution in [0.15, 0.2) is 24.3 Å². The van der Waals surface area contributed by atoms with Crippen molar-refractivity contribution in [3.63, 3.8) is 0 Å². The summed E-state index contributed by atoms with van der Waals surface area (Å²) < 4.78 is 10.8. The lowest BCUT2D eigenvalue weighted by Gasteiger charge is -2.12. The zero-order valence-electron chi connectivity index (χ0n) is 11.9. The SMILES string of the molecule is CCOc1ccc(NCC(=O)NCC2CCCO2)cc1. The molecule has 2 rings (SSSR count). The van der Waals surface area contributed by atoms with E-state index in [9.17, 15) is 4.79 Å². The van der Waals surface area contributed by atoms with Crippen LogP contribution in [0.3, 0.4) is 0 Å². The Kier molecular flexibility index (Phi) is 5.68. The Morgan fingerprint density at radius 3 is 2.85 bits per heavy atom. The summed E-state index contributed by atoms with van der Waals surface area (Å²) >= 11 is 0. The van der Waals surface area contributed by atoms with Crippen LogP contribution in [0.4, 0.5) is 5.69 Å². The molecule has 110 valence electrons. The molecule has 1 fully saturated rings. The molecule has 1 atom stereocenters. The summed E-state index contributed by atoms with van der Waals surface area (Å²) in [5, 5.41) is 5.96. The summed E-state index contributed by atoms with van der Waals surface area (Å²) in [5.74, 6) is 0.815. The molecule has 1 aliphatic heterocycles. The third kappa shape index (κ3) is 4.74. The summed E-state index contributed by atoms with van der Waals surface area (Å²) in [6, 6.07) is 7.57. The average molecular weight is 278 g/mol. The largest absolute Gasteiger partial charge is 0.494 e. The number of amides is 1. The van der Waals surface area contributed by atoms with Crippen molar-refractivity contribution in [2.24, 2.45) is 0 Å². The van der Waals surface area contributed by atoms with Gasteiger partial charge in [-0.25, -0.2) is 0 Å². The fourth-order valence-electron chi connectivity index (χ4n) is 2.11. The highest BCUT2D eigenvalue weighted by Crippen LogP contribution is 2.15. The molecule has 1 aliphatic rings. The van der Waals surface area contributed by atoms with E-state index in [2.05, 4.69) is 10.6 Å². The van der Waals surface area contributed by atoms with Gasteiger partial charge in [0.15, 0.2) is 0 Å². The van der Waals surface area contributed by atoms with E-state index in [0.29, 0.717) is 13.2 Å². The van der Waals surface area contributed by atoms with Gasteiger partial charge in [-0.15, -0.1) is 0 Å². The van der Waals surface area contributed by atoms with E-state index >= 15 is 0 Å². The number of benzene rings is 1. The molecule has 0 radical (unpaired) electrons. The summed E-state index contributed by atoms with van der Waals surface area (Å²) in [6.45, 7) is 4.28. The van der Waals surface area contributed by atoms with Crippen LogP contribution in [0.5, 0.6) is 5.75 Å². The molecule has 1 saturated heterocycles. The number of hydrogen-bond acceptors (Lipinski definition) is 4. The predicted octanol–water partition coefficient (Wildman–Crippen LogP) is 1.79. The first-order chi connectivity index (χ1) is 9.78. The normalized spacial score (nSPS) is 17.8. The van der Waals surface area contributed by atoms with Crippen molar-refractivity contribution in [2.75, 3.05) is 31.6 Å². The first kappa shape index (κ1) is 14.7. The summed E-state index contributed by atoms with van der Waals surface area (Å²) in [4.78, 5) is 11.7. The number of rotatable bonds is 7. The van der Waals surface area contributed by atoms with Crippen LogP contribution in [-0.4, -0.2) is 38.3 Å². The van der Waals surface area contributed by atoms with Gasteiger partial charge in [-0.05, 0) is 44.0 Å². The maximum Gasteiger partial charge on any atom is 0.239 e. The Hall–Kier alpha value is -1.75. The van der Waals surface area contributed by atoms with E-state index in [4.69, 9.17) is 9.47 Å². The molecule has 1 aromatic rings. The van der Waals surface area contributed by atoms with Crippen molar-refractivity contribution in [1.82, 2.24) is 5.32 Å². The maximum atomic E-state index is 11.7. The molecule has 1 aromatic carbocycles. The first-order valence-corrected chi connectivity index (χ1v) is 7.13. The molecule has 0 bridgehead atoms. The van der Waals surface area contributed by atoms with Crippen molar-refractivity contribution in [3.8, 4) is 5.75 Å². The van der Waals surface area contributed by atoms with Gasteiger partial charge in [0.2, 0.25) is 5.91 Å². The molecule has 0 spiro atoms. The smallest absolute Gasteiger partial charge is 0.239 e. The van der Waals surface area contributed by atoms with Crippen LogP contribution in [0, 0.1) is 0 Å². The number of carbonyl (C=O) groups is 1. The minimum absolute atomic E-state index is 0.0191. The van der Waals surface area contributed by atoms with Crippen LogP contribution in [0.2, 0.25) is 0 Å². The highest BCUT2D eigenvalue weighted by molar-refractivity contribution is 5.80. The molecule has 0 aromatic heterocycles. The van der Waals surface area contributed by atoms with E-state index in [1.807, 2.05) is 31.2 Å². The summed E-state index contributed by atoms with van der Waals surface area (Å²) in [5.41, 5.74) is 0.903. The van der Waals surface area contributed by atoms with E-state index in [-0.39, 0.29) is 18.6 Å². The van der Waals surface area contributed by atoms with Crippen molar-refractivity contribution in [1.29, 1.82) is 0 Å². The molecule has 0 aliphatic carbocycles. The van der Waals surface area contributed by atoms with E-state index < -0.39 is 0 Å². The molecular weight excluding hydrogens is 256 g/mol. The molecule has 5 nitrogen and oxygen atoms in total. The fourth-order valence-corrected chi connectivity index (χ4v) is 2.11. The third-order valence-corrected chi connectivity index (χ3v) is 3.17. The molecule has 20 heavy (non-hydrogen) atoms. The minimum Gasteiger partial charge on any atom is -0.494 e. The van der Waals surface area contributed by atoms with Crippen LogP contribution in [0.25, 0.3) is 0 Å². The Balaban J connectivity index is 1.66. The predicted molar refractivity (Wildman–Crippen MR) is 78.1 cm³/mol. The van der Waals surface area contributed by atoms with E-state index in [1.54, 1.807) is 0 Å². The number of nitrogens with one attached hydrogen (secondary N) is 2. The lowest BCUT2D eigenvalue weighted by molar-refractivity contribution is -0.119. The van der Waals surface area contributed by atoms with Gasteiger partial charge in [0, 0.05) is 18.8 Å². The molecule has 1 heterocycles. The van der Waals surface area contributed by atoms with Crippen LogP contribution in [-0.2, 0) is 9.53 Å². The van der Waals surface area contributed by atoms with Gasteiger partial charge in [-0.1, -0.05) is 0 Å². The van der Waals surface area contributed by atoms with Crippen molar-refractivity contribution < 1.29 is 14.3 Å². The second-order valence-corrected chi connectivity index (χ2v) is 4.75. The molecular formula is C15H22N2O3. The zero-order valence-corrected chi connectivity index (χ0v) is 11.9. The number of ether oxygens (including phenoxy) is 2. The Labute approximate surface area is 119 Å². The molecule has 1 amide bonds. The molecule has 2 N–H and O–H groups in total. The second-order valence-electron chi connectivity index (χ2n) is 4.75. The highest BCUT2D eigenvalue weighted by Gasteiger charge is 2.15. The molecule has 0 saturated carbocycles. The van der Waals surface area contributed by atoms with Gasteiger partial charge in [-0.3, -0.25) is 4.79 Å². The highest BCUT2D eigenvalue weighted by atomic mass is 16.5. The lowest BCUT2D eigenvalue weighted by Crippen LogP contribution is -2.35. The standard InChI is InChI=1S/C15H22N2O3/c1-2-19-13-7-5-12(6-8-13)16-11-15(18)17-10-14-4-3-9-20-14/h5-8,14,16H,2-4,9-11H2,1H3,(H,17,18). The quantitative estimate of drug-likeness (QED) is 0.798. The van der Waals surface area contributed by atoms with Crippen LogP contribution >= 0.6 is 0 Å². The van der Waals surface area contributed by atoms with E-state index in [1.165, 1.54) is 0 Å². The van der Waals surface area contributed by atoms with Gasteiger partial charge in [0.25, 0.3) is 0 Å². The Bertz CT molecular complexity index is 414. The molecule has 5 heteroatoms. The maximum absolute atomic E-state index is 11.7. The first-order valence-electron chi connectivity index (χ1n) is 7.13. The average Bonchev–Trinajstić information content (AvgIpc) is 2.98. The van der Waals surface area contributed by atoms with Gasteiger partial charge < -0.3 is 20.1 Å². The number of carbonyl (C=O) groups excluding carboxylic acids is 1. The van der Waals surface area contributed by atoms with Crippen molar-refractivity contribution in [3.05, 3.63) is 24.3 Å². The zero-order chi connectivity index (χ0) is 14.2. The Morgan fingerprint density at radius 2 is 2.20 bits per heavy atom. The number of anilines is 1. The minimum atomic E-state index is -0.0191. The van der Waals surface area contributed by atoms with E-state index in [0.717, 1.165) is 30.9 Å².